The summed E-state index contributed by atoms with van der Waals surface area (Å²) in [5.41, 5.74) is 3.20. The largest absolute Gasteiger partial charge is 0.464 e. The molecule has 1 aliphatic carbocycles. The van der Waals surface area contributed by atoms with Crippen LogP contribution < -0.4 is 0 Å². The number of furan rings is 1. The minimum Gasteiger partial charge on any atom is -0.464 e. The summed E-state index contributed by atoms with van der Waals surface area (Å²) in [6.07, 6.45) is 9.94. The van der Waals surface area contributed by atoms with Crippen molar-refractivity contribution in [3.8, 4) is 11.1 Å². The van der Waals surface area contributed by atoms with E-state index in [9.17, 15) is 14.7 Å². The molecule has 43 heavy (non-hydrogen) atoms. The van der Waals surface area contributed by atoms with Gasteiger partial charge in [0.15, 0.2) is 0 Å². The van der Waals surface area contributed by atoms with E-state index in [2.05, 4.69) is 53.5 Å². The highest BCUT2D eigenvalue weighted by atomic mass is 16.3. The number of aliphatic imine (C=N–C) groups is 1. The van der Waals surface area contributed by atoms with Gasteiger partial charge in [-0.1, -0.05) is 42.5 Å². The van der Waals surface area contributed by atoms with Crippen LogP contribution in [0.2, 0.25) is 0 Å². The van der Waals surface area contributed by atoms with Crippen molar-refractivity contribution in [2.75, 3.05) is 39.3 Å². The fourth-order valence-electron chi connectivity index (χ4n) is 6.40. The van der Waals surface area contributed by atoms with Gasteiger partial charge in [0, 0.05) is 49.6 Å². The predicted molar refractivity (Wildman–Crippen MR) is 169 cm³/mol. The van der Waals surface area contributed by atoms with Crippen molar-refractivity contribution >= 4 is 28.6 Å². The summed E-state index contributed by atoms with van der Waals surface area (Å²) in [6, 6.07) is 16.3. The molecule has 1 N–H and O–H groups in total. The zero-order valence-corrected chi connectivity index (χ0v) is 25.2. The Morgan fingerprint density at radius 2 is 1.84 bits per heavy atom. The molecule has 8 heteroatoms. The van der Waals surface area contributed by atoms with Crippen molar-refractivity contribution < 1.29 is 19.1 Å². The highest BCUT2D eigenvalue weighted by molar-refractivity contribution is 6.15. The number of nitrogens with zero attached hydrogens (tertiary/aromatic N) is 4. The molecule has 8 nitrogen and oxygen atoms in total. The number of hydrogen-bond acceptors (Lipinski definition) is 6. The van der Waals surface area contributed by atoms with Crippen LogP contribution in [0, 0.1) is 5.92 Å². The zero-order valence-electron chi connectivity index (χ0n) is 25.2. The van der Waals surface area contributed by atoms with E-state index in [1.807, 2.05) is 35.8 Å². The van der Waals surface area contributed by atoms with Crippen LogP contribution in [-0.4, -0.2) is 88.4 Å². The first-order chi connectivity index (χ1) is 20.9. The van der Waals surface area contributed by atoms with Crippen LogP contribution in [-0.2, 0) is 9.59 Å². The summed E-state index contributed by atoms with van der Waals surface area (Å²) in [5.74, 6) is 1.27. The molecule has 2 aromatic carbocycles. The fraction of sp³-hybridized carbons (Fsp3) is 0.457. The third-order valence-electron chi connectivity index (χ3n) is 9.20. The monoisotopic (exact) mass is 582 g/mol. The van der Waals surface area contributed by atoms with Crippen LogP contribution in [0.3, 0.4) is 0 Å². The Morgan fingerprint density at radius 1 is 1.12 bits per heavy atom. The Morgan fingerprint density at radius 3 is 2.53 bits per heavy atom. The molecule has 1 atom stereocenters. The standard InChI is InChI=1S/C35H42N4O4/c1-3-38(33(41)28-11-12-28)18-5-4-6-25(2)39-32(36-35(34(39)42)16-19-37(20-17-35)21-22-40)27-9-7-26(8-10-27)29-13-14-31-30(24-29)15-23-43-31/h4,6-10,13-15,23-25,28,40H,3,5,11-12,16-22H2,1-2H3/b6-4-/t25-/m0/s1. The Hall–Kier alpha value is -3.75. The van der Waals surface area contributed by atoms with Gasteiger partial charge in [-0.25, -0.2) is 0 Å². The van der Waals surface area contributed by atoms with Crippen molar-refractivity contribution in [3.05, 3.63) is 72.5 Å². The maximum absolute atomic E-state index is 14.2. The molecule has 3 heterocycles. The van der Waals surface area contributed by atoms with Gasteiger partial charge in [-0.2, -0.15) is 0 Å². The first kappa shape index (κ1) is 29.3. The van der Waals surface area contributed by atoms with E-state index < -0.39 is 5.54 Å². The number of hydrogen-bond donors (Lipinski definition) is 1. The fourth-order valence-corrected chi connectivity index (χ4v) is 6.40. The number of carbonyl (C=O) groups is 2. The molecule has 1 saturated carbocycles. The molecule has 3 aromatic rings. The summed E-state index contributed by atoms with van der Waals surface area (Å²) < 4.78 is 5.50. The molecule has 0 radical (unpaired) electrons. The normalized spacial score (nSPS) is 19.5. The first-order valence-electron chi connectivity index (χ1n) is 15.7. The van der Waals surface area contributed by atoms with Crippen molar-refractivity contribution in [1.29, 1.82) is 0 Å². The molecule has 1 spiro atoms. The van der Waals surface area contributed by atoms with Crippen LogP contribution >= 0.6 is 0 Å². The van der Waals surface area contributed by atoms with Gasteiger partial charge in [-0.05, 0) is 75.3 Å². The van der Waals surface area contributed by atoms with Crippen LogP contribution in [0.1, 0.15) is 51.5 Å². The Bertz CT molecular complexity index is 1510. The number of β-amino-alcohol motifs (C(OH)–C–C–N with tert-alkyl or cyclic N) is 1. The summed E-state index contributed by atoms with van der Waals surface area (Å²) in [7, 11) is 0. The van der Waals surface area contributed by atoms with Crippen LogP contribution in [0.25, 0.3) is 22.1 Å². The third-order valence-corrected chi connectivity index (χ3v) is 9.20. The van der Waals surface area contributed by atoms with E-state index in [0.717, 1.165) is 66.6 Å². The van der Waals surface area contributed by atoms with Crippen LogP contribution in [0.15, 0.2) is 76.4 Å². The molecule has 226 valence electrons. The molecule has 0 unspecified atom stereocenters. The van der Waals surface area contributed by atoms with E-state index in [4.69, 9.17) is 9.41 Å². The number of aliphatic hydroxyl groups excluding tert-OH is 1. The van der Waals surface area contributed by atoms with Crippen molar-refractivity contribution in [2.24, 2.45) is 10.9 Å². The lowest BCUT2D eigenvalue weighted by Crippen LogP contribution is -2.52. The second kappa shape index (κ2) is 12.5. The number of benzene rings is 2. The number of amides is 2. The number of fused-ring (bicyclic) bond motifs is 1. The Balaban J connectivity index is 1.22. The van der Waals surface area contributed by atoms with Gasteiger partial charge >= 0.3 is 0 Å². The van der Waals surface area contributed by atoms with Gasteiger partial charge in [0.2, 0.25) is 5.91 Å². The van der Waals surface area contributed by atoms with Crippen molar-refractivity contribution in [3.63, 3.8) is 0 Å². The van der Waals surface area contributed by atoms with E-state index >= 15 is 0 Å². The smallest absolute Gasteiger partial charge is 0.256 e. The Kier molecular flexibility index (Phi) is 8.50. The maximum Gasteiger partial charge on any atom is 0.256 e. The van der Waals surface area contributed by atoms with E-state index in [0.29, 0.717) is 31.8 Å². The van der Waals surface area contributed by atoms with Gasteiger partial charge in [0.25, 0.3) is 5.91 Å². The van der Waals surface area contributed by atoms with E-state index in [1.54, 1.807) is 6.26 Å². The second-order valence-corrected chi connectivity index (χ2v) is 12.1. The summed E-state index contributed by atoms with van der Waals surface area (Å²) in [4.78, 5) is 37.9. The maximum atomic E-state index is 14.2. The first-order valence-corrected chi connectivity index (χ1v) is 15.7. The topological polar surface area (TPSA) is 89.6 Å². The summed E-state index contributed by atoms with van der Waals surface area (Å²) in [5, 5.41) is 10.5. The molecular weight excluding hydrogens is 540 g/mol. The molecule has 1 saturated heterocycles. The molecule has 2 amide bonds. The van der Waals surface area contributed by atoms with Crippen LogP contribution in [0.5, 0.6) is 0 Å². The lowest BCUT2D eigenvalue weighted by Gasteiger charge is -2.36. The van der Waals surface area contributed by atoms with Gasteiger partial charge in [0.1, 0.15) is 17.0 Å². The lowest BCUT2D eigenvalue weighted by molar-refractivity contribution is -0.133. The molecular formula is C35H42N4O4. The van der Waals surface area contributed by atoms with Gasteiger partial charge in [-0.3, -0.25) is 19.5 Å². The third kappa shape index (κ3) is 6.04. The molecule has 2 aliphatic heterocycles. The second-order valence-electron chi connectivity index (χ2n) is 12.1. The number of carbonyl (C=O) groups excluding carboxylic acids is 2. The number of rotatable bonds is 11. The van der Waals surface area contributed by atoms with Crippen molar-refractivity contribution in [1.82, 2.24) is 14.7 Å². The van der Waals surface area contributed by atoms with Crippen LogP contribution in [0.4, 0.5) is 0 Å². The molecule has 6 rings (SSSR count). The van der Waals surface area contributed by atoms with Gasteiger partial charge < -0.3 is 19.3 Å². The molecule has 3 aliphatic rings. The van der Waals surface area contributed by atoms with Gasteiger partial charge in [0.05, 0.1) is 18.9 Å². The zero-order chi connectivity index (χ0) is 30.0. The lowest BCUT2D eigenvalue weighted by atomic mass is 9.87. The predicted octanol–water partition coefficient (Wildman–Crippen LogP) is 5.11. The molecule has 2 fully saturated rings. The quantitative estimate of drug-likeness (QED) is 0.318. The summed E-state index contributed by atoms with van der Waals surface area (Å²) in [6.45, 7) is 7.70. The van der Waals surface area contributed by atoms with E-state index in [-0.39, 0.29) is 30.4 Å². The van der Waals surface area contributed by atoms with Crippen molar-refractivity contribution in [2.45, 2.75) is 57.5 Å². The Labute approximate surface area is 253 Å². The average Bonchev–Trinajstić information content (AvgIpc) is 3.71. The minimum absolute atomic E-state index is 0.0527. The molecule has 1 aromatic heterocycles. The SMILES string of the molecule is CCN(CC/C=C\[C@H](C)N1C(=O)C2(CCN(CCO)CC2)N=C1c1ccc(-c2ccc3occc3c2)cc1)C(=O)C1CC1. The minimum atomic E-state index is -0.774. The number of likely N-dealkylation sites (tertiary alicyclic amines) is 1. The van der Waals surface area contributed by atoms with E-state index in [1.165, 1.54) is 0 Å². The average molecular weight is 583 g/mol. The molecule has 0 bridgehead atoms. The highest BCUT2D eigenvalue weighted by Crippen LogP contribution is 2.37. The number of piperidine rings is 1. The highest BCUT2D eigenvalue weighted by Gasteiger charge is 2.50. The summed E-state index contributed by atoms with van der Waals surface area (Å²) >= 11 is 0. The number of amidine groups is 1. The van der Waals surface area contributed by atoms with Gasteiger partial charge in [-0.15, -0.1) is 0 Å². The number of aliphatic hydroxyl groups is 1.